The van der Waals surface area contributed by atoms with Gasteiger partial charge in [-0.05, 0) is 49.8 Å². The molecule has 3 aliphatic heterocycles. The van der Waals surface area contributed by atoms with Crippen molar-refractivity contribution < 1.29 is 23.8 Å². The van der Waals surface area contributed by atoms with E-state index in [4.69, 9.17) is 4.74 Å². The van der Waals surface area contributed by atoms with E-state index in [-0.39, 0.29) is 17.7 Å². The van der Waals surface area contributed by atoms with Gasteiger partial charge in [-0.1, -0.05) is 0 Å². The molecular weight excluding hydrogens is 341 g/mol. The zero-order valence-corrected chi connectivity index (χ0v) is 13.9. The number of carboxylic acids is 1. The zero-order valence-electron chi connectivity index (χ0n) is 13.9. The first-order valence-corrected chi connectivity index (χ1v) is 8.91. The van der Waals surface area contributed by atoms with Crippen LogP contribution in [0.15, 0.2) is 40.1 Å². The summed E-state index contributed by atoms with van der Waals surface area (Å²) in [6, 6.07) is -0.694. The second-order valence-electron chi connectivity index (χ2n) is 7.29. The van der Waals surface area contributed by atoms with E-state index >= 15 is 0 Å². The number of halogens is 1. The van der Waals surface area contributed by atoms with Gasteiger partial charge < -0.3 is 15.2 Å². The van der Waals surface area contributed by atoms with Crippen molar-refractivity contribution in [3.8, 4) is 0 Å². The molecule has 26 heavy (non-hydrogen) atoms. The number of nitrogens with zero attached hydrogens (tertiary/aromatic N) is 2. The molecule has 0 aromatic carbocycles. The van der Waals surface area contributed by atoms with Crippen LogP contribution >= 0.6 is 0 Å². The van der Waals surface area contributed by atoms with Crippen LogP contribution in [0.25, 0.3) is 0 Å². The highest BCUT2D eigenvalue weighted by Crippen LogP contribution is 2.45. The predicted molar refractivity (Wildman–Crippen MR) is 88.6 cm³/mol. The summed E-state index contributed by atoms with van der Waals surface area (Å²) in [7, 11) is 0. The molecule has 2 fully saturated rings. The van der Waals surface area contributed by atoms with Crippen LogP contribution in [0.2, 0.25) is 0 Å². The van der Waals surface area contributed by atoms with Gasteiger partial charge in [-0.2, -0.15) is 0 Å². The Bertz CT molecular complexity index is 839. The maximum atomic E-state index is 15.0. The van der Waals surface area contributed by atoms with Crippen molar-refractivity contribution in [3.63, 3.8) is 0 Å². The molecule has 5 aliphatic rings. The fourth-order valence-electron chi connectivity index (χ4n) is 4.24. The molecule has 8 heteroatoms. The Morgan fingerprint density at radius 3 is 2.96 bits per heavy atom. The molecule has 7 nitrogen and oxygen atoms in total. The maximum absolute atomic E-state index is 15.0. The van der Waals surface area contributed by atoms with Crippen molar-refractivity contribution in [2.24, 2.45) is 10.9 Å². The molecule has 0 radical (unpaired) electrons. The van der Waals surface area contributed by atoms with Gasteiger partial charge in [0.25, 0.3) is 5.91 Å². The van der Waals surface area contributed by atoms with Gasteiger partial charge in [0, 0.05) is 0 Å². The van der Waals surface area contributed by atoms with Crippen molar-refractivity contribution >= 4 is 17.6 Å². The first-order valence-electron chi connectivity index (χ1n) is 8.91. The van der Waals surface area contributed by atoms with Gasteiger partial charge in [-0.3, -0.25) is 14.7 Å². The van der Waals surface area contributed by atoms with Crippen LogP contribution < -0.4 is 5.32 Å². The molecule has 3 heterocycles. The van der Waals surface area contributed by atoms with Crippen LogP contribution in [-0.2, 0) is 14.3 Å². The summed E-state index contributed by atoms with van der Waals surface area (Å²) >= 11 is 0. The number of hydrogen-bond acceptors (Lipinski definition) is 5. The number of aliphatic imine (C=N–C) groups is 1. The summed E-state index contributed by atoms with van der Waals surface area (Å²) in [5.41, 5.74) is 0.910. The number of carboxylic acid groups (broad SMARTS) is 1. The van der Waals surface area contributed by atoms with E-state index in [2.05, 4.69) is 10.3 Å². The Kier molecular flexibility index (Phi) is 3.34. The average Bonchev–Trinajstić information content (AvgIpc) is 3.46. The molecule has 3 unspecified atom stereocenters. The smallest absolute Gasteiger partial charge is 0.359 e. The lowest BCUT2D eigenvalue weighted by atomic mass is 9.85. The topological polar surface area (TPSA) is 91.2 Å². The number of piperidine rings is 1. The number of ether oxygens (including phenoxy) is 1. The Hall–Kier alpha value is -2.48. The lowest BCUT2D eigenvalue weighted by Gasteiger charge is -2.45. The summed E-state index contributed by atoms with van der Waals surface area (Å²) in [6.45, 7) is 0.786. The van der Waals surface area contributed by atoms with Gasteiger partial charge in [-0.25, -0.2) is 9.18 Å². The van der Waals surface area contributed by atoms with Gasteiger partial charge in [0.15, 0.2) is 6.10 Å². The average molecular weight is 359 g/mol. The van der Waals surface area contributed by atoms with Crippen LogP contribution in [0.4, 0.5) is 4.39 Å². The third-order valence-electron chi connectivity index (χ3n) is 5.62. The number of aliphatic carboxylic acids is 1. The molecule has 2 aliphatic carbocycles. The van der Waals surface area contributed by atoms with Gasteiger partial charge >= 0.3 is 5.97 Å². The second-order valence-corrected chi connectivity index (χ2v) is 7.29. The standard InChI is InChI=1S/C18H18FN3O4/c19-10-6-9-2-1-5-20-13(9)16-15(10)22-11(7-26-16)12(8-3-4-8)21-14(17(22)23)18(24)25/h6-8,12-13,16,20H,1-5H2,(H,24,25). The van der Waals surface area contributed by atoms with Crippen LogP contribution in [0.5, 0.6) is 0 Å². The first-order chi connectivity index (χ1) is 12.6. The normalized spacial score (nSPS) is 33.3. The predicted octanol–water partition coefficient (Wildman–Crippen LogP) is 1.25. The Morgan fingerprint density at radius 1 is 1.42 bits per heavy atom. The lowest BCUT2D eigenvalue weighted by Crippen LogP contribution is -2.57. The van der Waals surface area contributed by atoms with Crippen LogP contribution in [0, 0.1) is 5.92 Å². The maximum Gasteiger partial charge on any atom is 0.359 e. The highest BCUT2D eigenvalue weighted by molar-refractivity contribution is 6.64. The van der Waals surface area contributed by atoms with E-state index in [0.29, 0.717) is 5.70 Å². The molecule has 0 aromatic rings. The van der Waals surface area contributed by atoms with E-state index in [9.17, 15) is 19.1 Å². The van der Waals surface area contributed by atoms with Gasteiger partial charge in [-0.15, -0.1) is 0 Å². The summed E-state index contributed by atoms with van der Waals surface area (Å²) < 4.78 is 20.9. The number of hydrogen-bond donors (Lipinski definition) is 2. The molecule has 136 valence electrons. The van der Waals surface area contributed by atoms with Gasteiger partial charge in [0.05, 0.1) is 17.8 Å². The molecule has 3 atom stereocenters. The van der Waals surface area contributed by atoms with Crippen LogP contribution in [-0.4, -0.2) is 52.3 Å². The van der Waals surface area contributed by atoms with Crippen LogP contribution in [0.1, 0.15) is 25.7 Å². The molecule has 2 N–H and O–H groups in total. The number of carbonyl (C=O) groups is 2. The van der Waals surface area contributed by atoms with E-state index < -0.39 is 35.6 Å². The van der Waals surface area contributed by atoms with Crippen molar-refractivity contribution in [1.82, 2.24) is 10.2 Å². The summed E-state index contributed by atoms with van der Waals surface area (Å²) in [5.74, 6) is -2.55. The Balaban J connectivity index is 1.64. The molecule has 1 saturated carbocycles. The summed E-state index contributed by atoms with van der Waals surface area (Å²) in [5, 5.41) is 12.7. The van der Waals surface area contributed by atoms with Crippen molar-refractivity contribution in [1.29, 1.82) is 0 Å². The fourth-order valence-corrected chi connectivity index (χ4v) is 4.24. The fraction of sp³-hybridized carbons (Fsp3) is 0.500. The molecular formula is C18H18FN3O4. The zero-order chi connectivity index (χ0) is 18.0. The molecule has 0 spiro atoms. The SMILES string of the molecule is O=C(O)C1=NC(C2CC2)C2=COC3C(=C(F)C=C4CCCNC43)N2C1=O. The minimum atomic E-state index is -1.38. The van der Waals surface area contributed by atoms with Crippen molar-refractivity contribution in [2.75, 3.05) is 6.54 Å². The monoisotopic (exact) mass is 359 g/mol. The number of allylic oxidation sites excluding steroid dienone is 2. The largest absolute Gasteiger partial charge is 0.488 e. The van der Waals surface area contributed by atoms with Crippen molar-refractivity contribution in [3.05, 3.63) is 35.1 Å². The van der Waals surface area contributed by atoms with Crippen LogP contribution in [0.3, 0.4) is 0 Å². The van der Waals surface area contributed by atoms with Crippen molar-refractivity contribution in [2.45, 2.75) is 43.9 Å². The third-order valence-corrected chi connectivity index (χ3v) is 5.62. The molecule has 5 rings (SSSR count). The highest BCUT2D eigenvalue weighted by atomic mass is 19.1. The quantitative estimate of drug-likeness (QED) is 0.774. The van der Waals surface area contributed by atoms with E-state index in [1.54, 1.807) is 0 Å². The third kappa shape index (κ3) is 2.18. The molecule has 1 saturated heterocycles. The Morgan fingerprint density at radius 2 is 2.23 bits per heavy atom. The Labute approximate surface area is 148 Å². The summed E-state index contributed by atoms with van der Waals surface area (Å²) in [4.78, 5) is 29.7. The lowest BCUT2D eigenvalue weighted by molar-refractivity contribution is -0.132. The highest BCUT2D eigenvalue weighted by Gasteiger charge is 2.51. The van der Waals surface area contributed by atoms with E-state index in [1.807, 2.05) is 0 Å². The number of amides is 1. The molecule has 0 aromatic heterocycles. The van der Waals surface area contributed by atoms with Gasteiger partial charge in [0.1, 0.15) is 17.8 Å². The number of nitrogens with one attached hydrogen (secondary N) is 1. The molecule has 0 bridgehead atoms. The number of carbonyl (C=O) groups excluding carboxylic acids is 1. The molecule has 1 amide bonds. The summed E-state index contributed by atoms with van der Waals surface area (Å²) in [6.07, 6.45) is 5.75. The van der Waals surface area contributed by atoms with E-state index in [0.717, 1.165) is 37.8 Å². The number of fused-ring (bicyclic) bond motifs is 5. The van der Waals surface area contributed by atoms with E-state index in [1.165, 1.54) is 17.2 Å². The second kappa shape index (κ2) is 5.51. The minimum absolute atomic E-state index is 0.0925. The minimum Gasteiger partial charge on any atom is -0.488 e. The van der Waals surface area contributed by atoms with Gasteiger partial charge in [0.2, 0.25) is 5.71 Å². The first kappa shape index (κ1) is 15.7. The number of rotatable bonds is 2.